The van der Waals surface area contributed by atoms with Crippen LogP contribution in [0.3, 0.4) is 0 Å². The molecule has 1 fully saturated rings. The Hall–Kier alpha value is -2.76. The molecule has 4 heterocycles. The Labute approximate surface area is 245 Å². The van der Waals surface area contributed by atoms with Crippen LogP contribution in [0, 0.1) is 13.8 Å². The summed E-state index contributed by atoms with van der Waals surface area (Å²) in [4.78, 5) is 15.3. The van der Waals surface area contributed by atoms with Gasteiger partial charge in [0.15, 0.2) is 5.65 Å². The topological polar surface area (TPSA) is 87.8 Å². The average molecular weight is 621 g/mol. The van der Waals surface area contributed by atoms with Crippen LogP contribution < -0.4 is 10.5 Å². The highest BCUT2D eigenvalue weighted by atomic mass is 79.9. The maximum atomic E-state index is 5.77. The number of nitrogens with one attached hydrogen (secondary N) is 2. The second-order valence-corrected chi connectivity index (χ2v) is 12.5. The van der Waals surface area contributed by atoms with Crippen molar-refractivity contribution in [2.75, 3.05) is 18.4 Å². The summed E-state index contributed by atoms with van der Waals surface area (Å²) in [5.41, 5.74) is 7.80. The van der Waals surface area contributed by atoms with E-state index in [4.69, 9.17) is 10.1 Å². The molecule has 6 rings (SSSR count). The quantitative estimate of drug-likeness (QED) is 0.159. The van der Waals surface area contributed by atoms with Crippen LogP contribution in [-0.2, 0) is 0 Å². The molecule has 2 aromatic carbocycles. The molecule has 3 aromatic heterocycles. The number of nitrogens with two attached hydrogens (primary N) is 1. The second-order valence-electron chi connectivity index (χ2n) is 9.73. The lowest BCUT2D eigenvalue weighted by Crippen LogP contribution is -2.22. The SMILES string of the molecule is Cc1cc(-c2nc3c(Nc4cccc(SN)c4)c(Br)cnc3[nH]2)c(C)n1-c1cccc(SN2CCCCC2)c1. The number of H-pyrrole nitrogens is 1. The van der Waals surface area contributed by atoms with E-state index in [1.165, 1.54) is 36.1 Å². The predicted octanol–water partition coefficient (Wildman–Crippen LogP) is 8.00. The van der Waals surface area contributed by atoms with Crippen molar-refractivity contribution in [1.29, 1.82) is 0 Å². The second kappa shape index (κ2) is 11.4. The van der Waals surface area contributed by atoms with Crippen LogP contribution in [0.4, 0.5) is 11.4 Å². The van der Waals surface area contributed by atoms with E-state index in [9.17, 15) is 0 Å². The van der Waals surface area contributed by atoms with Crippen LogP contribution in [0.15, 0.2) is 75.1 Å². The normalized spacial score (nSPS) is 14.3. The third-order valence-electron chi connectivity index (χ3n) is 7.02. The summed E-state index contributed by atoms with van der Waals surface area (Å²) in [6.07, 6.45) is 5.70. The van der Waals surface area contributed by atoms with Crippen molar-refractivity contribution >= 4 is 62.4 Å². The van der Waals surface area contributed by atoms with Gasteiger partial charge in [0.2, 0.25) is 0 Å². The highest BCUT2D eigenvalue weighted by Gasteiger charge is 2.19. The molecule has 7 nitrogen and oxygen atoms in total. The van der Waals surface area contributed by atoms with E-state index in [0.29, 0.717) is 0 Å². The number of aromatic amines is 1. The monoisotopic (exact) mass is 619 g/mol. The van der Waals surface area contributed by atoms with Gasteiger partial charge in [0.25, 0.3) is 0 Å². The number of halogens is 1. The average Bonchev–Trinajstić information content (AvgIpc) is 3.51. The van der Waals surface area contributed by atoms with E-state index in [1.807, 2.05) is 36.2 Å². The number of pyridine rings is 1. The minimum Gasteiger partial charge on any atom is -0.353 e. The zero-order valence-electron chi connectivity index (χ0n) is 21.9. The Kier molecular flexibility index (Phi) is 7.72. The first kappa shape index (κ1) is 26.5. The summed E-state index contributed by atoms with van der Waals surface area (Å²) in [6.45, 7) is 6.61. The van der Waals surface area contributed by atoms with E-state index in [2.05, 4.69) is 84.3 Å². The molecule has 1 aliphatic heterocycles. The van der Waals surface area contributed by atoms with Gasteiger partial charge < -0.3 is 14.9 Å². The molecule has 0 atom stereocenters. The first-order chi connectivity index (χ1) is 19.0. The summed E-state index contributed by atoms with van der Waals surface area (Å²) < 4.78 is 5.63. The Balaban J connectivity index is 1.34. The maximum absolute atomic E-state index is 5.77. The summed E-state index contributed by atoms with van der Waals surface area (Å²) in [5, 5.41) is 9.27. The first-order valence-corrected chi connectivity index (χ1v) is 15.5. The van der Waals surface area contributed by atoms with Gasteiger partial charge in [-0.3, -0.25) is 5.14 Å². The van der Waals surface area contributed by atoms with Gasteiger partial charge in [-0.15, -0.1) is 0 Å². The van der Waals surface area contributed by atoms with E-state index in [-0.39, 0.29) is 0 Å². The van der Waals surface area contributed by atoms with Crippen LogP contribution in [0.5, 0.6) is 0 Å². The van der Waals surface area contributed by atoms with Crippen molar-refractivity contribution < 1.29 is 0 Å². The molecular formula is C29H30BrN7S2. The van der Waals surface area contributed by atoms with Crippen molar-refractivity contribution in [3.05, 3.63) is 76.7 Å². The summed E-state index contributed by atoms with van der Waals surface area (Å²) >= 11 is 6.75. The van der Waals surface area contributed by atoms with Crippen molar-refractivity contribution in [1.82, 2.24) is 23.8 Å². The molecule has 1 saturated heterocycles. The molecule has 0 aliphatic carbocycles. The van der Waals surface area contributed by atoms with Crippen molar-refractivity contribution in [2.45, 2.75) is 42.9 Å². The summed E-state index contributed by atoms with van der Waals surface area (Å²) in [6, 6.07) is 19.0. The molecule has 200 valence electrons. The number of imidazole rings is 1. The third kappa shape index (κ3) is 5.49. The van der Waals surface area contributed by atoms with Gasteiger partial charge in [0.1, 0.15) is 11.3 Å². The highest BCUT2D eigenvalue weighted by molar-refractivity contribution is 9.10. The molecule has 10 heteroatoms. The number of anilines is 2. The Morgan fingerprint density at radius 2 is 1.79 bits per heavy atom. The largest absolute Gasteiger partial charge is 0.353 e. The number of aryl methyl sites for hydroxylation is 1. The van der Waals surface area contributed by atoms with Crippen LogP contribution in [0.25, 0.3) is 28.2 Å². The smallest absolute Gasteiger partial charge is 0.159 e. The molecule has 0 saturated carbocycles. The molecule has 0 spiro atoms. The molecule has 0 bridgehead atoms. The lowest BCUT2D eigenvalue weighted by atomic mass is 10.2. The van der Waals surface area contributed by atoms with Crippen LogP contribution in [0.2, 0.25) is 0 Å². The summed E-state index contributed by atoms with van der Waals surface area (Å²) in [5.74, 6) is 0.795. The molecular weight excluding hydrogens is 590 g/mol. The Bertz CT molecular complexity index is 1640. The molecule has 0 amide bonds. The van der Waals surface area contributed by atoms with Gasteiger partial charge in [-0.2, -0.15) is 0 Å². The fourth-order valence-electron chi connectivity index (χ4n) is 5.15. The minimum atomic E-state index is 0.727. The van der Waals surface area contributed by atoms with Gasteiger partial charge in [0.05, 0.1) is 10.2 Å². The number of benzene rings is 2. The lowest BCUT2D eigenvalue weighted by Gasteiger charge is -2.25. The molecule has 5 aromatic rings. The number of fused-ring (bicyclic) bond motifs is 1. The summed E-state index contributed by atoms with van der Waals surface area (Å²) in [7, 11) is 0. The molecule has 0 unspecified atom stereocenters. The number of hydrogen-bond donors (Lipinski definition) is 3. The van der Waals surface area contributed by atoms with Crippen LogP contribution in [-0.4, -0.2) is 36.9 Å². The zero-order chi connectivity index (χ0) is 26.9. The van der Waals surface area contributed by atoms with Gasteiger partial charge in [-0.05, 0) is 109 Å². The maximum Gasteiger partial charge on any atom is 0.159 e. The molecule has 1 aliphatic rings. The fourth-order valence-corrected chi connectivity index (χ4v) is 6.95. The van der Waals surface area contributed by atoms with Crippen molar-refractivity contribution in [3.63, 3.8) is 0 Å². The van der Waals surface area contributed by atoms with Gasteiger partial charge >= 0.3 is 0 Å². The highest BCUT2D eigenvalue weighted by Crippen LogP contribution is 2.36. The molecule has 0 radical (unpaired) electrons. The Morgan fingerprint density at radius 1 is 1.00 bits per heavy atom. The number of nitrogens with zero attached hydrogens (tertiary/aromatic N) is 4. The Morgan fingerprint density at radius 3 is 2.62 bits per heavy atom. The van der Waals surface area contributed by atoms with Crippen LogP contribution in [0.1, 0.15) is 30.7 Å². The first-order valence-electron chi connectivity index (χ1n) is 13.0. The predicted molar refractivity (Wildman–Crippen MR) is 167 cm³/mol. The van der Waals surface area contributed by atoms with E-state index in [0.717, 1.165) is 73.5 Å². The van der Waals surface area contributed by atoms with Crippen molar-refractivity contribution in [3.8, 4) is 17.1 Å². The molecule has 39 heavy (non-hydrogen) atoms. The van der Waals surface area contributed by atoms with E-state index >= 15 is 0 Å². The minimum absolute atomic E-state index is 0.727. The van der Waals surface area contributed by atoms with E-state index < -0.39 is 0 Å². The molecule has 4 N–H and O–H groups in total. The van der Waals surface area contributed by atoms with Crippen LogP contribution >= 0.6 is 39.8 Å². The van der Waals surface area contributed by atoms with Gasteiger partial charge in [-0.1, -0.05) is 18.6 Å². The van der Waals surface area contributed by atoms with E-state index in [1.54, 1.807) is 6.20 Å². The van der Waals surface area contributed by atoms with Gasteiger partial charge in [-0.25, -0.2) is 14.3 Å². The number of aromatic nitrogens is 4. The van der Waals surface area contributed by atoms with Crippen molar-refractivity contribution in [2.24, 2.45) is 5.14 Å². The standard InChI is InChI=1S/C29H30BrN7S2/c1-18-14-24(19(2)37(18)21-9-7-11-23(16-21)39-36-12-4-3-5-13-36)28-34-27-26(25(30)17-32-29(27)35-28)33-20-8-6-10-22(15-20)38-31/h6-11,14-17H,3-5,12-13,31H2,1-2H3,(H2,32,33,34,35). The number of rotatable bonds is 7. The van der Waals surface area contributed by atoms with Gasteiger partial charge in [0, 0.05) is 57.4 Å². The lowest BCUT2D eigenvalue weighted by molar-refractivity contribution is 0.380. The number of piperidine rings is 1. The number of hydrogen-bond acceptors (Lipinski definition) is 7. The fraction of sp³-hybridized carbons (Fsp3) is 0.241. The third-order valence-corrected chi connectivity index (χ3v) is 9.23. The zero-order valence-corrected chi connectivity index (χ0v) is 25.1.